The lowest BCUT2D eigenvalue weighted by Gasteiger charge is -2.21. The summed E-state index contributed by atoms with van der Waals surface area (Å²) in [7, 11) is -3.71. The van der Waals surface area contributed by atoms with E-state index in [9.17, 15) is 13.5 Å². The summed E-state index contributed by atoms with van der Waals surface area (Å²) in [6.07, 6.45) is 1.95. The fraction of sp³-hybridized carbons (Fsp3) is 0.308. The van der Waals surface area contributed by atoms with Crippen molar-refractivity contribution in [2.45, 2.75) is 25.3 Å². The number of imidazole rings is 1. The molecule has 108 valence electrons. The second kappa shape index (κ2) is 5.54. The number of rotatable bonds is 5. The SMILES string of the molecule is CCc1ncc(S(=O)(=O)N(CC)c2cccc(O)c2)[nH]1. The van der Waals surface area contributed by atoms with Gasteiger partial charge in [0, 0.05) is 19.0 Å². The minimum atomic E-state index is -3.71. The minimum Gasteiger partial charge on any atom is -0.508 e. The van der Waals surface area contributed by atoms with Gasteiger partial charge in [0.25, 0.3) is 10.0 Å². The third-order valence-corrected chi connectivity index (χ3v) is 4.73. The summed E-state index contributed by atoms with van der Waals surface area (Å²) < 4.78 is 26.4. The third kappa shape index (κ3) is 2.62. The Hall–Kier alpha value is -2.02. The minimum absolute atomic E-state index is 0.0232. The number of aromatic nitrogens is 2. The van der Waals surface area contributed by atoms with Crippen molar-refractivity contribution in [3.05, 3.63) is 36.3 Å². The molecule has 0 aliphatic heterocycles. The van der Waals surface area contributed by atoms with Crippen LogP contribution in [0.5, 0.6) is 5.75 Å². The van der Waals surface area contributed by atoms with Crippen molar-refractivity contribution in [2.75, 3.05) is 10.8 Å². The van der Waals surface area contributed by atoms with Gasteiger partial charge in [-0.15, -0.1) is 0 Å². The highest BCUT2D eigenvalue weighted by molar-refractivity contribution is 7.92. The van der Waals surface area contributed by atoms with Crippen molar-refractivity contribution in [3.63, 3.8) is 0 Å². The summed E-state index contributed by atoms with van der Waals surface area (Å²) >= 11 is 0. The number of hydrogen-bond donors (Lipinski definition) is 2. The molecule has 1 heterocycles. The van der Waals surface area contributed by atoms with Crippen molar-refractivity contribution in [1.82, 2.24) is 9.97 Å². The molecule has 2 rings (SSSR count). The zero-order valence-electron chi connectivity index (χ0n) is 11.4. The maximum absolute atomic E-state index is 12.6. The summed E-state index contributed by atoms with van der Waals surface area (Å²) in [4.78, 5) is 6.82. The van der Waals surface area contributed by atoms with Crippen LogP contribution in [-0.4, -0.2) is 30.0 Å². The van der Waals surface area contributed by atoms with Crippen LogP contribution in [0.4, 0.5) is 5.69 Å². The summed E-state index contributed by atoms with van der Waals surface area (Å²) in [6.45, 7) is 3.88. The fourth-order valence-electron chi connectivity index (χ4n) is 1.91. The van der Waals surface area contributed by atoms with E-state index in [4.69, 9.17) is 0 Å². The smallest absolute Gasteiger partial charge is 0.281 e. The normalized spacial score (nSPS) is 11.5. The molecule has 1 aromatic carbocycles. The molecule has 0 atom stereocenters. The predicted molar refractivity (Wildman–Crippen MR) is 76.3 cm³/mol. The van der Waals surface area contributed by atoms with E-state index < -0.39 is 10.0 Å². The monoisotopic (exact) mass is 295 g/mol. The summed E-state index contributed by atoms with van der Waals surface area (Å²) in [6, 6.07) is 6.15. The van der Waals surface area contributed by atoms with Crippen molar-refractivity contribution >= 4 is 15.7 Å². The summed E-state index contributed by atoms with van der Waals surface area (Å²) in [5.74, 6) is 0.644. The lowest BCUT2D eigenvalue weighted by molar-refractivity contribution is 0.475. The molecule has 0 radical (unpaired) electrons. The number of nitrogens with zero attached hydrogens (tertiary/aromatic N) is 2. The van der Waals surface area contributed by atoms with E-state index >= 15 is 0 Å². The number of aromatic hydroxyl groups is 1. The van der Waals surface area contributed by atoms with Crippen LogP contribution in [-0.2, 0) is 16.4 Å². The average Bonchev–Trinajstić information content (AvgIpc) is 2.89. The standard InChI is InChI=1S/C13H17N3O3S/c1-3-12-14-9-13(15-12)20(18,19)16(4-2)10-6-5-7-11(17)8-10/h5-9,17H,3-4H2,1-2H3,(H,14,15). The van der Waals surface area contributed by atoms with Crippen LogP contribution in [0, 0.1) is 0 Å². The number of phenols is 1. The molecule has 20 heavy (non-hydrogen) atoms. The van der Waals surface area contributed by atoms with Crippen molar-refractivity contribution in [2.24, 2.45) is 0 Å². The van der Waals surface area contributed by atoms with E-state index in [2.05, 4.69) is 9.97 Å². The maximum Gasteiger partial charge on any atom is 0.281 e. The van der Waals surface area contributed by atoms with Crippen LogP contribution in [0.3, 0.4) is 0 Å². The van der Waals surface area contributed by atoms with Crippen LogP contribution >= 0.6 is 0 Å². The highest BCUT2D eigenvalue weighted by atomic mass is 32.2. The molecule has 1 aromatic heterocycles. The first-order valence-corrected chi connectivity index (χ1v) is 7.78. The van der Waals surface area contributed by atoms with Crippen LogP contribution in [0.2, 0.25) is 0 Å². The molecule has 0 unspecified atom stereocenters. The first-order chi connectivity index (χ1) is 9.48. The highest BCUT2D eigenvalue weighted by Crippen LogP contribution is 2.25. The van der Waals surface area contributed by atoms with Gasteiger partial charge in [-0.3, -0.25) is 4.31 Å². The molecule has 0 spiro atoms. The van der Waals surface area contributed by atoms with Crippen molar-refractivity contribution in [3.8, 4) is 5.75 Å². The van der Waals surface area contributed by atoms with E-state index in [0.717, 1.165) is 0 Å². The lowest BCUT2D eigenvalue weighted by Crippen LogP contribution is -2.31. The summed E-state index contributed by atoms with van der Waals surface area (Å²) in [5, 5.41) is 9.55. The van der Waals surface area contributed by atoms with Gasteiger partial charge in [-0.1, -0.05) is 13.0 Å². The van der Waals surface area contributed by atoms with E-state index in [-0.39, 0.29) is 17.3 Å². The molecule has 0 bridgehead atoms. The van der Waals surface area contributed by atoms with E-state index in [1.807, 2.05) is 6.92 Å². The molecule has 2 aromatic rings. The third-order valence-electron chi connectivity index (χ3n) is 2.91. The van der Waals surface area contributed by atoms with Gasteiger partial charge in [-0.2, -0.15) is 8.42 Å². The van der Waals surface area contributed by atoms with Gasteiger partial charge in [-0.25, -0.2) is 4.98 Å². The van der Waals surface area contributed by atoms with Gasteiger partial charge >= 0.3 is 0 Å². The Labute approximate surface area is 118 Å². The lowest BCUT2D eigenvalue weighted by atomic mass is 10.3. The van der Waals surface area contributed by atoms with Crippen LogP contribution in [0.1, 0.15) is 19.7 Å². The van der Waals surface area contributed by atoms with E-state index in [1.165, 1.54) is 22.6 Å². The number of anilines is 1. The molecule has 7 heteroatoms. The van der Waals surface area contributed by atoms with Crippen LogP contribution < -0.4 is 4.31 Å². The molecule has 0 amide bonds. The number of aryl methyl sites for hydroxylation is 1. The zero-order valence-corrected chi connectivity index (χ0v) is 12.2. The Morgan fingerprint density at radius 2 is 2.10 bits per heavy atom. The number of aromatic amines is 1. The Morgan fingerprint density at radius 3 is 2.65 bits per heavy atom. The molecule has 0 saturated heterocycles. The quantitative estimate of drug-likeness (QED) is 0.882. The zero-order chi connectivity index (χ0) is 14.8. The Balaban J connectivity index is 2.44. The van der Waals surface area contributed by atoms with Crippen molar-refractivity contribution < 1.29 is 13.5 Å². The molecule has 0 saturated carbocycles. The Bertz CT molecular complexity index is 694. The van der Waals surface area contributed by atoms with Gasteiger partial charge in [0.2, 0.25) is 0 Å². The highest BCUT2D eigenvalue weighted by Gasteiger charge is 2.25. The number of nitrogens with one attached hydrogen (secondary N) is 1. The Morgan fingerprint density at radius 1 is 1.35 bits per heavy atom. The first-order valence-electron chi connectivity index (χ1n) is 6.34. The molecule has 0 fully saturated rings. The van der Waals surface area contributed by atoms with Gasteiger partial charge in [-0.05, 0) is 19.1 Å². The van der Waals surface area contributed by atoms with Crippen molar-refractivity contribution in [1.29, 1.82) is 0 Å². The second-order valence-electron chi connectivity index (χ2n) is 4.24. The van der Waals surface area contributed by atoms with Gasteiger partial charge < -0.3 is 10.1 Å². The van der Waals surface area contributed by atoms with E-state index in [1.54, 1.807) is 19.1 Å². The number of H-pyrrole nitrogens is 1. The largest absolute Gasteiger partial charge is 0.508 e. The molecular weight excluding hydrogens is 278 g/mol. The second-order valence-corrected chi connectivity index (χ2v) is 6.07. The summed E-state index contributed by atoms with van der Waals surface area (Å²) in [5.41, 5.74) is 0.417. The maximum atomic E-state index is 12.6. The fourth-order valence-corrected chi connectivity index (χ4v) is 3.31. The van der Waals surface area contributed by atoms with Crippen LogP contribution in [0.25, 0.3) is 0 Å². The number of benzene rings is 1. The molecule has 0 aliphatic rings. The number of hydrogen-bond acceptors (Lipinski definition) is 4. The Kier molecular flexibility index (Phi) is 3.99. The number of phenolic OH excluding ortho intramolecular Hbond substituents is 1. The predicted octanol–water partition coefficient (Wildman–Crippen LogP) is 1.89. The molecular formula is C13H17N3O3S. The van der Waals surface area contributed by atoms with Gasteiger partial charge in [0.05, 0.1) is 11.9 Å². The first kappa shape index (κ1) is 14.4. The van der Waals surface area contributed by atoms with Gasteiger partial charge in [0.15, 0.2) is 5.03 Å². The molecule has 0 aliphatic carbocycles. The average molecular weight is 295 g/mol. The molecule has 6 nitrogen and oxygen atoms in total. The number of sulfonamides is 1. The van der Waals surface area contributed by atoms with E-state index in [0.29, 0.717) is 17.9 Å². The van der Waals surface area contributed by atoms with Gasteiger partial charge in [0.1, 0.15) is 11.6 Å². The van der Waals surface area contributed by atoms with Crippen LogP contribution in [0.15, 0.2) is 35.5 Å². The molecule has 2 N–H and O–H groups in total. The topological polar surface area (TPSA) is 86.3 Å².